The number of nitrogens with zero attached hydrogens (tertiary/aromatic N) is 5. The molecule has 35 heavy (non-hydrogen) atoms. The van der Waals surface area contributed by atoms with Gasteiger partial charge in [-0.15, -0.1) is 0 Å². The highest BCUT2D eigenvalue weighted by atomic mass is 32.2. The molecule has 3 rings (SSSR count). The number of ether oxygens (including phenoxy) is 2. The van der Waals surface area contributed by atoms with Crippen molar-refractivity contribution in [1.29, 1.82) is 0 Å². The van der Waals surface area contributed by atoms with Gasteiger partial charge in [0, 0.05) is 52.2 Å². The zero-order valence-corrected chi connectivity index (χ0v) is 20.5. The van der Waals surface area contributed by atoms with E-state index in [1.807, 2.05) is 4.90 Å². The van der Waals surface area contributed by atoms with E-state index in [1.165, 1.54) is 14.1 Å². The van der Waals surface area contributed by atoms with Crippen LogP contribution in [0.1, 0.15) is 25.7 Å². The van der Waals surface area contributed by atoms with Crippen LogP contribution in [0.2, 0.25) is 0 Å². The van der Waals surface area contributed by atoms with E-state index in [2.05, 4.69) is 19.4 Å². The number of alkyl halides is 3. The van der Waals surface area contributed by atoms with E-state index in [4.69, 9.17) is 4.74 Å². The molecule has 1 aromatic heterocycles. The van der Waals surface area contributed by atoms with Crippen LogP contribution in [0.4, 0.5) is 23.9 Å². The number of nitrogens with one attached hydrogen (secondary N) is 1. The van der Waals surface area contributed by atoms with Gasteiger partial charge in [0.1, 0.15) is 0 Å². The number of rotatable bonds is 8. The van der Waals surface area contributed by atoms with Gasteiger partial charge >= 0.3 is 12.3 Å². The van der Waals surface area contributed by atoms with Crippen molar-refractivity contribution in [2.75, 3.05) is 51.8 Å². The number of carbonyl (C=O) groups excluding carboxylic acids is 1. The zero-order chi connectivity index (χ0) is 25.6. The first-order chi connectivity index (χ1) is 16.5. The Morgan fingerprint density at radius 3 is 2.43 bits per heavy atom. The van der Waals surface area contributed by atoms with Crippen molar-refractivity contribution in [2.45, 2.75) is 50.0 Å². The molecular weight excluding hydrogens is 493 g/mol. The summed E-state index contributed by atoms with van der Waals surface area (Å²) in [7, 11) is -1.13. The summed E-state index contributed by atoms with van der Waals surface area (Å²) >= 11 is 0. The molecule has 15 heteroatoms. The van der Waals surface area contributed by atoms with Gasteiger partial charge in [-0.3, -0.25) is 0 Å². The Hall–Kier alpha value is -2.23. The lowest BCUT2D eigenvalue weighted by molar-refractivity contribution is -0.163. The lowest BCUT2D eigenvalue weighted by Gasteiger charge is -2.41. The minimum absolute atomic E-state index is 0.0474. The van der Waals surface area contributed by atoms with Crippen LogP contribution in [0.25, 0.3) is 0 Å². The lowest BCUT2D eigenvalue weighted by atomic mass is 9.97. The normalized spacial score (nSPS) is 22.5. The number of halogens is 3. The van der Waals surface area contributed by atoms with Crippen LogP contribution in [0, 0.1) is 0 Å². The van der Waals surface area contributed by atoms with Crippen molar-refractivity contribution < 1.29 is 35.9 Å². The summed E-state index contributed by atoms with van der Waals surface area (Å²) in [4.78, 5) is 24.1. The first-order valence-electron chi connectivity index (χ1n) is 11.3. The first-order valence-corrected chi connectivity index (χ1v) is 12.7. The molecule has 2 aliphatic heterocycles. The number of piperidine rings is 2. The maximum absolute atomic E-state index is 12.6. The van der Waals surface area contributed by atoms with Crippen LogP contribution in [-0.2, 0) is 19.7 Å². The van der Waals surface area contributed by atoms with Crippen molar-refractivity contribution in [3.8, 4) is 0 Å². The minimum Gasteiger partial charge on any atom is -0.440 e. The van der Waals surface area contributed by atoms with Crippen LogP contribution in [0.3, 0.4) is 0 Å². The highest BCUT2D eigenvalue weighted by Crippen LogP contribution is 2.24. The van der Waals surface area contributed by atoms with Crippen molar-refractivity contribution in [3.63, 3.8) is 0 Å². The second-order valence-electron chi connectivity index (χ2n) is 8.65. The molecule has 198 valence electrons. The van der Waals surface area contributed by atoms with E-state index < -0.39 is 41.2 Å². The van der Waals surface area contributed by atoms with Gasteiger partial charge in [0.25, 0.3) is 10.2 Å². The number of amides is 1. The average molecular weight is 525 g/mol. The topological polar surface area (TPSA) is 117 Å². The molecule has 2 unspecified atom stereocenters. The fourth-order valence-electron chi connectivity index (χ4n) is 4.06. The van der Waals surface area contributed by atoms with Crippen LogP contribution < -0.4 is 9.62 Å². The molecule has 2 saturated heterocycles. The van der Waals surface area contributed by atoms with Gasteiger partial charge in [0.05, 0.1) is 18.8 Å². The molecule has 11 nitrogen and oxygen atoms in total. The lowest BCUT2D eigenvalue weighted by Crippen LogP contribution is -2.60. The minimum atomic E-state index is -4.67. The van der Waals surface area contributed by atoms with E-state index in [1.54, 1.807) is 18.5 Å². The quantitative estimate of drug-likeness (QED) is 0.542. The Bertz CT molecular complexity index is 929. The molecule has 0 radical (unpaired) electrons. The summed E-state index contributed by atoms with van der Waals surface area (Å²) in [5, 5.41) is 0. The van der Waals surface area contributed by atoms with Crippen LogP contribution in [-0.4, -0.2) is 105 Å². The first kappa shape index (κ1) is 27.4. The zero-order valence-electron chi connectivity index (χ0n) is 19.6. The van der Waals surface area contributed by atoms with E-state index in [9.17, 15) is 26.4 Å². The third-order valence-corrected chi connectivity index (χ3v) is 7.50. The molecule has 2 aliphatic rings. The number of anilines is 1. The van der Waals surface area contributed by atoms with Crippen LogP contribution in [0.15, 0.2) is 18.5 Å². The summed E-state index contributed by atoms with van der Waals surface area (Å²) in [5.74, 6) is 0.620. The van der Waals surface area contributed by atoms with Gasteiger partial charge in [-0.05, 0) is 31.7 Å². The molecule has 1 N–H and O–H groups in total. The fourth-order valence-corrected chi connectivity index (χ4v) is 4.93. The number of hydrogen-bond acceptors (Lipinski definition) is 8. The smallest absolute Gasteiger partial charge is 0.422 e. The summed E-state index contributed by atoms with van der Waals surface area (Å²) in [5.41, 5.74) is 0. The molecule has 3 heterocycles. The number of likely N-dealkylation sites (tertiary alicyclic amines) is 1. The molecule has 0 spiro atoms. The molecular formula is C20H31F3N6O5S. The highest BCUT2D eigenvalue weighted by Gasteiger charge is 2.40. The van der Waals surface area contributed by atoms with Gasteiger partial charge in [-0.2, -0.15) is 30.6 Å². The fraction of sp³-hybridized carbons (Fsp3) is 0.750. The van der Waals surface area contributed by atoms with E-state index in [-0.39, 0.29) is 19.3 Å². The second-order valence-corrected chi connectivity index (χ2v) is 10.6. The highest BCUT2D eigenvalue weighted by molar-refractivity contribution is 7.87. The molecule has 2 fully saturated rings. The Morgan fingerprint density at radius 1 is 1.17 bits per heavy atom. The Balaban J connectivity index is 1.65. The van der Waals surface area contributed by atoms with Crippen molar-refractivity contribution in [3.05, 3.63) is 18.5 Å². The van der Waals surface area contributed by atoms with Crippen molar-refractivity contribution in [1.82, 2.24) is 23.9 Å². The molecule has 2 atom stereocenters. The third kappa shape index (κ3) is 7.88. The number of carbonyl (C=O) groups is 1. The number of hydrogen-bond donors (Lipinski definition) is 1. The van der Waals surface area contributed by atoms with Gasteiger partial charge in [0.2, 0.25) is 5.95 Å². The Kier molecular flexibility index (Phi) is 9.12. The summed E-state index contributed by atoms with van der Waals surface area (Å²) in [6.45, 7) is -0.340. The van der Waals surface area contributed by atoms with Gasteiger partial charge < -0.3 is 19.3 Å². The summed E-state index contributed by atoms with van der Waals surface area (Å²) in [6.07, 6.45) is -0.571. The maximum atomic E-state index is 12.6. The SMILES string of the molecule is CN(C)S(=O)(=O)NC1CCCN(C(=O)OCC(F)(F)F)C1COC1CCN(c2ncccn2)CC1. The summed E-state index contributed by atoms with van der Waals surface area (Å²) < 4.78 is 76.6. The monoisotopic (exact) mass is 524 g/mol. The predicted molar refractivity (Wildman–Crippen MR) is 120 cm³/mol. The van der Waals surface area contributed by atoms with Gasteiger partial charge in [-0.1, -0.05) is 0 Å². The van der Waals surface area contributed by atoms with E-state index in [0.29, 0.717) is 44.7 Å². The average Bonchev–Trinajstić information content (AvgIpc) is 2.81. The molecule has 0 aliphatic carbocycles. The third-order valence-electron chi connectivity index (χ3n) is 5.93. The van der Waals surface area contributed by atoms with Crippen molar-refractivity contribution >= 4 is 22.3 Å². The van der Waals surface area contributed by atoms with E-state index in [0.717, 1.165) is 9.21 Å². The molecule has 1 amide bonds. The van der Waals surface area contributed by atoms with Gasteiger partial charge in [-0.25, -0.2) is 14.8 Å². The Morgan fingerprint density at radius 2 is 1.83 bits per heavy atom. The van der Waals surface area contributed by atoms with Gasteiger partial charge in [0.15, 0.2) is 6.61 Å². The Labute approximate surface area is 202 Å². The van der Waals surface area contributed by atoms with Crippen molar-refractivity contribution in [2.24, 2.45) is 0 Å². The molecule has 0 saturated carbocycles. The molecule has 1 aromatic rings. The molecule has 0 bridgehead atoms. The van der Waals surface area contributed by atoms with Crippen LogP contribution >= 0.6 is 0 Å². The molecule has 0 aromatic carbocycles. The standard InChI is InChI=1S/C20H31F3N6O5S/c1-27(2)35(31,32)26-16-5-3-10-29(19(30)34-14-20(21,22)23)17(16)13-33-15-6-11-28(12-7-15)18-24-8-4-9-25-18/h4,8-9,15-17,26H,3,5-7,10-14H2,1-2H3. The van der Waals surface area contributed by atoms with Crippen LogP contribution in [0.5, 0.6) is 0 Å². The second kappa shape index (κ2) is 11.7. The summed E-state index contributed by atoms with van der Waals surface area (Å²) in [6, 6.07) is 0.165. The number of aromatic nitrogens is 2. The maximum Gasteiger partial charge on any atom is 0.422 e. The largest absolute Gasteiger partial charge is 0.440 e. The van der Waals surface area contributed by atoms with E-state index >= 15 is 0 Å². The predicted octanol–water partition coefficient (Wildman–Crippen LogP) is 1.39.